The van der Waals surface area contributed by atoms with E-state index in [0.29, 0.717) is 5.56 Å². The minimum atomic E-state index is -1.11. The summed E-state index contributed by atoms with van der Waals surface area (Å²) in [5, 5.41) is 9.59. The number of halogens is 2. The van der Waals surface area contributed by atoms with Crippen LogP contribution in [0, 0.1) is 11.6 Å². The fourth-order valence-corrected chi connectivity index (χ4v) is 2.73. The SMILES string of the molecule is CC(C)(C(=O)O)c1cc(-c2ccc(F)cc2)cc(-c2ccc(F)cc2)c1. The van der Waals surface area contributed by atoms with Crippen LogP contribution in [0.25, 0.3) is 22.3 Å². The van der Waals surface area contributed by atoms with Crippen LogP contribution < -0.4 is 0 Å². The molecule has 0 aliphatic carbocycles. The second kappa shape index (κ2) is 6.71. The maximum atomic E-state index is 13.2. The van der Waals surface area contributed by atoms with Gasteiger partial charge in [0.25, 0.3) is 0 Å². The number of carbonyl (C=O) groups is 1. The normalized spacial score (nSPS) is 11.4. The van der Waals surface area contributed by atoms with Crippen LogP contribution in [0.2, 0.25) is 0 Å². The van der Waals surface area contributed by atoms with Crippen molar-refractivity contribution in [1.82, 2.24) is 0 Å². The Balaban J connectivity index is 2.21. The van der Waals surface area contributed by atoms with Crippen molar-refractivity contribution in [2.45, 2.75) is 19.3 Å². The molecule has 26 heavy (non-hydrogen) atoms. The summed E-state index contributed by atoms with van der Waals surface area (Å²) >= 11 is 0. The van der Waals surface area contributed by atoms with E-state index in [1.54, 1.807) is 50.2 Å². The first-order valence-electron chi connectivity index (χ1n) is 8.18. The van der Waals surface area contributed by atoms with Crippen molar-refractivity contribution < 1.29 is 18.7 Å². The number of carboxylic acids is 1. The summed E-state index contributed by atoms with van der Waals surface area (Å²) < 4.78 is 26.5. The largest absolute Gasteiger partial charge is 0.481 e. The van der Waals surface area contributed by atoms with Crippen molar-refractivity contribution in [1.29, 1.82) is 0 Å². The second-order valence-corrected chi connectivity index (χ2v) is 6.74. The second-order valence-electron chi connectivity index (χ2n) is 6.74. The van der Waals surface area contributed by atoms with Crippen molar-refractivity contribution in [3.63, 3.8) is 0 Å². The number of hydrogen-bond acceptors (Lipinski definition) is 1. The predicted molar refractivity (Wildman–Crippen MR) is 97.9 cm³/mol. The van der Waals surface area contributed by atoms with Gasteiger partial charge in [-0.2, -0.15) is 0 Å². The highest BCUT2D eigenvalue weighted by atomic mass is 19.1. The molecule has 1 N–H and O–H groups in total. The van der Waals surface area contributed by atoms with Crippen molar-refractivity contribution in [3.8, 4) is 22.3 Å². The maximum Gasteiger partial charge on any atom is 0.313 e. The van der Waals surface area contributed by atoms with Crippen molar-refractivity contribution in [2.24, 2.45) is 0 Å². The molecular weight excluding hydrogens is 334 g/mol. The lowest BCUT2D eigenvalue weighted by Gasteiger charge is -2.22. The third-order valence-corrected chi connectivity index (χ3v) is 4.54. The van der Waals surface area contributed by atoms with Gasteiger partial charge in [-0.1, -0.05) is 24.3 Å². The fourth-order valence-electron chi connectivity index (χ4n) is 2.73. The zero-order valence-electron chi connectivity index (χ0n) is 14.5. The molecule has 0 atom stereocenters. The van der Waals surface area contributed by atoms with Crippen LogP contribution >= 0.6 is 0 Å². The lowest BCUT2D eigenvalue weighted by atomic mass is 9.81. The molecule has 0 amide bonds. The van der Waals surface area contributed by atoms with Crippen LogP contribution in [-0.2, 0) is 10.2 Å². The van der Waals surface area contributed by atoms with Crippen LogP contribution in [0.5, 0.6) is 0 Å². The third-order valence-electron chi connectivity index (χ3n) is 4.54. The predicted octanol–water partition coefficient (Wildman–Crippen LogP) is 5.66. The standard InChI is InChI=1S/C22H18F2O2/c1-22(2,21(25)26)18-12-16(14-3-7-19(23)8-4-14)11-17(13-18)15-5-9-20(24)10-6-15/h3-13H,1-2H3,(H,25,26). The molecule has 0 aromatic heterocycles. The van der Waals surface area contributed by atoms with Gasteiger partial charge in [-0.3, -0.25) is 4.79 Å². The van der Waals surface area contributed by atoms with Gasteiger partial charge >= 0.3 is 5.97 Å². The van der Waals surface area contributed by atoms with Crippen molar-refractivity contribution in [2.75, 3.05) is 0 Å². The first-order chi connectivity index (χ1) is 12.3. The molecule has 0 aliphatic rings. The summed E-state index contributed by atoms with van der Waals surface area (Å²) in [6, 6.07) is 17.5. The van der Waals surface area contributed by atoms with E-state index in [1.807, 2.05) is 6.07 Å². The van der Waals surface area contributed by atoms with Gasteiger partial charge in [0.1, 0.15) is 11.6 Å². The van der Waals surface area contributed by atoms with E-state index < -0.39 is 11.4 Å². The monoisotopic (exact) mass is 352 g/mol. The third kappa shape index (κ3) is 3.49. The Bertz CT molecular complexity index is 879. The Hall–Kier alpha value is -3.01. The summed E-state index contributed by atoms with van der Waals surface area (Å²) in [5.41, 5.74) is 2.61. The molecule has 3 rings (SSSR count). The lowest BCUT2D eigenvalue weighted by molar-refractivity contribution is -0.142. The molecule has 132 valence electrons. The lowest BCUT2D eigenvalue weighted by Crippen LogP contribution is -2.28. The Kier molecular flexibility index (Phi) is 4.60. The van der Waals surface area contributed by atoms with E-state index in [1.165, 1.54) is 24.3 Å². The molecule has 0 saturated carbocycles. The smallest absolute Gasteiger partial charge is 0.313 e. The molecule has 0 aliphatic heterocycles. The zero-order valence-corrected chi connectivity index (χ0v) is 14.5. The van der Waals surface area contributed by atoms with Crippen LogP contribution in [0.15, 0.2) is 66.7 Å². The van der Waals surface area contributed by atoms with Gasteiger partial charge in [-0.25, -0.2) is 8.78 Å². The number of aliphatic carboxylic acids is 1. The van der Waals surface area contributed by atoms with Gasteiger partial charge in [0.2, 0.25) is 0 Å². The van der Waals surface area contributed by atoms with E-state index in [0.717, 1.165) is 22.3 Å². The van der Waals surface area contributed by atoms with E-state index >= 15 is 0 Å². The van der Waals surface area contributed by atoms with E-state index in [9.17, 15) is 18.7 Å². The van der Waals surface area contributed by atoms with Crippen LogP contribution in [0.3, 0.4) is 0 Å². The van der Waals surface area contributed by atoms with Gasteiger partial charge < -0.3 is 5.11 Å². The van der Waals surface area contributed by atoms with E-state index in [2.05, 4.69) is 0 Å². The first kappa shape index (κ1) is 17.8. The van der Waals surface area contributed by atoms with Gasteiger partial charge in [-0.15, -0.1) is 0 Å². The van der Waals surface area contributed by atoms with Gasteiger partial charge in [0.15, 0.2) is 0 Å². The van der Waals surface area contributed by atoms with Crippen LogP contribution in [0.4, 0.5) is 8.78 Å². The molecule has 0 radical (unpaired) electrons. The molecule has 0 fully saturated rings. The fraction of sp³-hybridized carbons (Fsp3) is 0.136. The zero-order chi connectivity index (χ0) is 18.9. The van der Waals surface area contributed by atoms with Gasteiger partial charge in [0.05, 0.1) is 5.41 Å². The van der Waals surface area contributed by atoms with Crippen LogP contribution in [0.1, 0.15) is 19.4 Å². The Labute approximate surface area is 150 Å². The molecule has 3 aromatic rings. The Morgan fingerprint density at radius 1 is 0.731 bits per heavy atom. The minimum absolute atomic E-state index is 0.338. The Morgan fingerprint density at radius 2 is 1.12 bits per heavy atom. The molecule has 0 heterocycles. The number of rotatable bonds is 4. The molecule has 0 bridgehead atoms. The molecule has 4 heteroatoms. The maximum absolute atomic E-state index is 13.2. The summed E-state index contributed by atoms with van der Waals surface area (Å²) in [4.78, 5) is 11.7. The summed E-state index contributed by atoms with van der Waals surface area (Å²) in [5.74, 6) is -1.62. The molecule has 3 aromatic carbocycles. The average Bonchev–Trinajstić information content (AvgIpc) is 2.62. The molecule has 2 nitrogen and oxygen atoms in total. The molecular formula is C22H18F2O2. The topological polar surface area (TPSA) is 37.3 Å². The van der Waals surface area contributed by atoms with E-state index in [4.69, 9.17) is 0 Å². The average molecular weight is 352 g/mol. The quantitative estimate of drug-likeness (QED) is 0.658. The van der Waals surface area contributed by atoms with Gasteiger partial charge in [-0.05, 0) is 84.1 Å². The summed E-state index contributed by atoms with van der Waals surface area (Å²) in [6.45, 7) is 3.26. The molecule has 0 unspecified atom stereocenters. The number of carboxylic acid groups (broad SMARTS) is 1. The van der Waals surface area contributed by atoms with Crippen molar-refractivity contribution >= 4 is 5.97 Å². The summed E-state index contributed by atoms with van der Waals surface area (Å²) in [6.07, 6.45) is 0. The van der Waals surface area contributed by atoms with Crippen molar-refractivity contribution in [3.05, 3.63) is 83.9 Å². The van der Waals surface area contributed by atoms with E-state index in [-0.39, 0.29) is 11.6 Å². The van der Waals surface area contributed by atoms with Gasteiger partial charge in [0, 0.05) is 0 Å². The molecule has 0 saturated heterocycles. The highest BCUT2D eigenvalue weighted by molar-refractivity contribution is 5.83. The highest BCUT2D eigenvalue weighted by Gasteiger charge is 2.30. The summed E-state index contributed by atoms with van der Waals surface area (Å²) in [7, 11) is 0. The first-order valence-corrected chi connectivity index (χ1v) is 8.18. The number of hydrogen-bond donors (Lipinski definition) is 1. The number of benzene rings is 3. The van der Waals surface area contributed by atoms with Crippen LogP contribution in [-0.4, -0.2) is 11.1 Å². The Morgan fingerprint density at radius 3 is 1.46 bits per heavy atom. The minimum Gasteiger partial charge on any atom is -0.481 e. The highest BCUT2D eigenvalue weighted by Crippen LogP contribution is 2.34. The molecule has 0 spiro atoms.